The highest BCUT2D eigenvalue weighted by molar-refractivity contribution is 7.98. The molecule has 0 spiro atoms. The van der Waals surface area contributed by atoms with E-state index in [4.69, 9.17) is 8.83 Å². The Morgan fingerprint density at radius 3 is 2.58 bits per heavy atom. The number of aromatic nitrogens is 4. The van der Waals surface area contributed by atoms with Gasteiger partial charge in [0.1, 0.15) is 0 Å². The summed E-state index contributed by atoms with van der Waals surface area (Å²) in [5, 5.41) is 17.1. The third-order valence-corrected chi connectivity index (χ3v) is 4.99. The molecule has 0 unspecified atom stereocenters. The lowest BCUT2D eigenvalue weighted by Gasteiger charge is -2.17. The van der Waals surface area contributed by atoms with Gasteiger partial charge in [-0.3, -0.25) is 0 Å². The Morgan fingerprint density at radius 1 is 0.917 bits per heavy atom. The summed E-state index contributed by atoms with van der Waals surface area (Å²) in [6, 6.07) is 9.73. The van der Waals surface area contributed by atoms with Crippen LogP contribution in [-0.4, -0.2) is 20.4 Å². The number of hydrogen-bond acceptors (Lipinski definition) is 7. The number of rotatable bonds is 5. The van der Waals surface area contributed by atoms with Gasteiger partial charge in [-0.1, -0.05) is 49.2 Å². The smallest absolute Gasteiger partial charge is 0.277 e. The molecular formula is C17H18N4O2S. The highest BCUT2D eigenvalue weighted by atomic mass is 32.2. The summed E-state index contributed by atoms with van der Waals surface area (Å²) >= 11 is 1.43. The van der Waals surface area contributed by atoms with Crippen LogP contribution >= 0.6 is 11.8 Å². The monoisotopic (exact) mass is 342 g/mol. The fourth-order valence-electron chi connectivity index (χ4n) is 2.93. The van der Waals surface area contributed by atoms with E-state index in [-0.39, 0.29) is 0 Å². The predicted molar refractivity (Wildman–Crippen MR) is 89.4 cm³/mol. The van der Waals surface area contributed by atoms with Gasteiger partial charge in [-0.25, -0.2) is 0 Å². The van der Waals surface area contributed by atoms with Gasteiger partial charge < -0.3 is 8.83 Å². The summed E-state index contributed by atoms with van der Waals surface area (Å²) < 4.78 is 11.5. The number of thioether (sulfide) groups is 1. The van der Waals surface area contributed by atoms with Crippen LogP contribution in [0.5, 0.6) is 0 Å². The molecule has 0 bridgehead atoms. The summed E-state index contributed by atoms with van der Waals surface area (Å²) in [5.74, 6) is 2.80. The van der Waals surface area contributed by atoms with Gasteiger partial charge in [-0.15, -0.1) is 20.4 Å². The van der Waals surface area contributed by atoms with Gasteiger partial charge in [0.05, 0.1) is 5.75 Å². The summed E-state index contributed by atoms with van der Waals surface area (Å²) in [6.45, 7) is 0. The number of hydrogen-bond donors (Lipinski definition) is 0. The van der Waals surface area contributed by atoms with Crippen molar-refractivity contribution in [2.24, 2.45) is 0 Å². The van der Waals surface area contributed by atoms with Crippen molar-refractivity contribution in [3.63, 3.8) is 0 Å². The highest BCUT2D eigenvalue weighted by Crippen LogP contribution is 2.33. The SMILES string of the molecule is c1ccc(-c2nnc(CSc3nnc(C4CCCCC4)o3)o2)cc1. The highest BCUT2D eigenvalue weighted by Gasteiger charge is 2.21. The van der Waals surface area contributed by atoms with Crippen LogP contribution in [0, 0.1) is 0 Å². The zero-order chi connectivity index (χ0) is 16.2. The molecule has 1 saturated carbocycles. The van der Waals surface area contributed by atoms with E-state index in [1.807, 2.05) is 30.3 Å². The molecule has 0 saturated heterocycles. The van der Waals surface area contributed by atoms with Gasteiger partial charge in [-0.2, -0.15) is 0 Å². The molecule has 3 aromatic rings. The van der Waals surface area contributed by atoms with E-state index in [2.05, 4.69) is 20.4 Å². The van der Waals surface area contributed by atoms with Crippen LogP contribution in [0.1, 0.15) is 49.8 Å². The number of nitrogens with zero attached hydrogens (tertiary/aromatic N) is 4. The van der Waals surface area contributed by atoms with Crippen molar-refractivity contribution in [3.8, 4) is 11.5 Å². The summed E-state index contributed by atoms with van der Waals surface area (Å²) in [6.07, 6.45) is 6.11. The van der Waals surface area contributed by atoms with Crippen LogP contribution in [0.25, 0.3) is 11.5 Å². The van der Waals surface area contributed by atoms with Crippen molar-refractivity contribution in [3.05, 3.63) is 42.1 Å². The van der Waals surface area contributed by atoms with Gasteiger partial charge >= 0.3 is 0 Å². The molecule has 0 aliphatic heterocycles. The second-order valence-corrected chi connectivity index (χ2v) is 6.82. The Hall–Kier alpha value is -2.15. The normalized spacial score (nSPS) is 15.7. The summed E-state index contributed by atoms with van der Waals surface area (Å²) in [7, 11) is 0. The van der Waals surface area contributed by atoms with E-state index >= 15 is 0 Å². The van der Waals surface area contributed by atoms with E-state index < -0.39 is 0 Å². The minimum Gasteiger partial charge on any atom is -0.420 e. The zero-order valence-electron chi connectivity index (χ0n) is 13.2. The molecule has 2 aromatic heterocycles. The molecule has 4 rings (SSSR count). The van der Waals surface area contributed by atoms with Gasteiger partial charge in [0.2, 0.25) is 17.7 Å². The molecule has 6 nitrogen and oxygen atoms in total. The van der Waals surface area contributed by atoms with E-state index in [0.29, 0.717) is 28.7 Å². The molecule has 0 amide bonds. The molecule has 1 aliphatic carbocycles. The Balaban J connectivity index is 1.37. The fraction of sp³-hybridized carbons (Fsp3) is 0.412. The quantitative estimate of drug-likeness (QED) is 0.633. The third kappa shape index (κ3) is 3.51. The first-order valence-electron chi connectivity index (χ1n) is 8.22. The van der Waals surface area contributed by atoms with Crippen molar-refractivity contribution in [2.75, 3.05) is 0 Å². The van der Waals surface area contributed by atoms with Gasteiger partial charge in [0.25, 0.3) is 5.22 Å². The molecule has 1 fully saturated rings. The second-order valence-electron chi connectivity index (χ2n) is 5.90. The minimum atomic E-state index is 0.425. The Morgan fingerprint density at radius 2 is 1.75 bits per heavy atom. The van der Waals surface area contributed by atoms with Crippen LogP contribution in [0.15, 0.2) is 44.4 Å². The molecule has 2 heterocycles. The van der Waals surface area contributed by atoms with Crippen molar-refractivity contribution < 1.29 is 8.83 Å². The standard InChI is InChI=1S/C17H18N4O2S/c1-3-7-12(8-4-1)15-19-18-14(22-15)11-24-17-21-20-16(23-17)13-9-5-2-6-10-13/h1,3-4,7-8,13H,2,5-6,9-11H2. The molecule has 0 atom stereocenters. The van der Waals surface area contributed by atoms with Crippen molar-refractivity contribution in [2.45, 2.75) is 49.0 Å². The molecule has 124 valence electrons. The van der Waals surface area contributed by atoms with Gasteiger partial charge in [0, 0.05) is 11.5 Å². The van der Waals surface area contributed by atoms with E-state index in [1.165, 1.54) is 31.0 Å². The average Bonchev–Trinajstić information content (AvgIpc) is 3.31. The lowest BCUT2D eigenvalue weighted by atomic mass is 9.89. The third-order valence-electron chi connectivity index (χ3n) is 4.18. The molecule has 0 radical (unpaired) electrons. The minimum absolute atomic E-state index is 0.425. The second kappa shape index (κ2) is 7.17. The summed E-state index contributed by atoms with van der Waals surface area (Å²) in [5.41, 5.74) is 0.915. The molecule has 1 aromatic carbocycles. The first kappa shape index (κ1) is 15.4. The molecule has 1 aliphatic rings. The maximum Gasteiger partial charge on any atom is 0.277 e. The fourth-order valence-corrected chi connectivity index (χ4v) is 3.53. The van der Waals surface area contributed by atoms with Crippen LogP contribution < -0.4 is 0 Å². The van der Waals surface area contributed by atoms with Crippen LogP contribution in [0.2, 0.25) is 0 Å². The Kier molecular flexibility index (Phi) is 4.60. The Labute approximate surface area is 144 Å². The maximum absolute atomic E-state index is 5.79. The largest absolute Gasteiger partial charge is 0.420 e. The average molecular weight is 342 g/mol. The lowest BCUT2D eigenvalue weighted by molar-refractivity contribution is 0.334. The Bertz CT molecular complexity index is 781. The van der Waals surface area contributed by atoms with E-state index in [0.717, 1.165) is 24.3 Å². The van der Waals surface area contributed by atoms with Crippen LogP contribution in [0.3, 0.4) is 0 Å². The van der Waals surface area contributed by atoms with Crippen LogP contribution in [0.4, 0.5) is 0 Å². The van der Waals surface area contributed by atoms with Gasteiger partial charge in [-0.05, 0) is 25.0 Å². The predicted octanol–water partition coefficient (Wildman–Crippen LogP) is 4.46. The van der Waals surface area contributed by atoms with E-state index in [9.17, 15) is 0 Å². The molecular weight excluding hydrogens is 324 g/mol. The summed E-state index contributed by atoms with van der Waals surface area (Å²) in [4.78, 5) is 0. The topological polar surface area (TPSA) is 77.8 Å². The maximum atomic E-state index is 5.79. The first-order chi connectivity index (χ1) is 11.9. The van der Waals surface area contributed by atoms with Crippen LogP contribution in [-0.2, 0) is 5.75 Å². The first-order valence-corrected chi connectivity index (χ1v) is 9.21. The molecule has 0 N–H and O–H groups in total. The lowest BCUT2D eigenvalue weighted by Crippen LogP contribution is -2.04. The number of benzene rings is 1. The zero-order valence-corrected chi connectivity index (χ0v) is 14.0. The van der Waals surface area contributed by atoms with Crippen molar-refractivity contribution in [1.82, 2.24) is 20.4 Å². The molecule has 7 heteroatoms. The molecule has 24 heavy (non-hydrogen) atoms. The van der Waals surface area contributed by atoms with Crippen molar-refractivity contribution in [1.29, 1.82) is 0 Å². The van der Waals surface area contributed by atoms with Crippen molar-refractivity contribution >= 4 is 11.8 Å². The van der Waals surface area contributed by atoms with Gasteiger partial charge in [0.15, 0.2) is 0 Å². The van der Waals surface area contributed by atoms with E-state index in [1.54, 1.807) is 0 Å².